The Labute approximate surface area is 120 Å². The topological polar surface area (TPSA) is 82.7 Å². The molecule has 6 atom stereocenters. The molecule has 5 heteroatoms. The summed E-state index contributed by atoms with van der Waals surface area (Å²) >= 11 is 0. The monoisotopic (exact) mass is 283 g/mol. The zero-order chi connectivity index (χ0) is 14.5. The second-order valence-electron chi connectivity index (χ2n) is 6.08. The van der Waals surface area contributed by atoms with E-state index in [1.54, 1.807) is 0 Å². The molecule has 114 valence electrons. The minimum atomic E-state index is -0.778. The summed E-state index contributed by atoms with van der Waals surface area (Å²) < 4.78 is 11.6. The van der Waals surface area contributed by atoms with E-state index in [9.17, 15) is 10.2 Å². The van der Waals surface area contributed by atoms with Crippen molar-refractivity contribution in [2.24, 2.45) is 5.92 Å². The van der Waals surface area contributed by atoms with Crippen LogP contribution in [0.3, 0.4) is 0 Å². The minimum Gasteiger partial charge on any atom is -0.390 e. The zero-order valence-electron chi connectivity index (χ0n) is 12.1. The fourth-order valence-electron chi connectivity index (χ4n) is 3.04. The fraction of sp³-hybridized carbons (Fsp3) is 0.933. The third kappa shape index (κ3) is 4.16. The summed E-state index contributed by atoms with van der Waals surface area (Å²) in [7, 11) is 0. The smallest absolute Gasteiger partial charge is 0.106 e. The highest BCUT2D eigenvalue weighted by molar-refractivity contribution is 4.85. The fourth-order valence-corrected chi connectivity index (χ4v) is 3.04. The lowest BCUT2D eigenvalue weighted by molar-refractivity contribution is -0.167. The summed E-state index contributed by atoms with van der Waals surface area (Å²) in [5.74, 6) is 0.0211. The van der Waals surface area contributed by atoms with E-state index in [0.29, 0.717) is 13.0 Å². The van der Waals surface area contributed by atoms with Crippen LogP contribution in [0.1, 0.15) is 45.4 Å². The summed E-state index contributed by atoms with van der Waals surface area (Å²) in [5.41, 5.74) is 0. The third-order valence-electron chi connectivity index (χ3n) is 4.30. The standard InChI is InChI=1S/C15H25NO4/c1-10(8-16)7-11-5-6-12(9-19-11)20-14-4-2-3-13(17)15(14)18/h10-15,17-18H,2-7,9H2,1H3/t10-,11?,12?,13-,14-,15-/m1/s1. The largest absolute Gasteiger partial charge is 0.390 e. The van der Waals surface area contributed by atoms with E-state index in [2.05, 4.69) is 6.07 Å². The van der Waals surface area contributed by atoms with Crippen LogP contribution in [-0.4, -0.2) is 47.3 Å². The molecular weight excluding hydrogens is 258 g/mol. The Morgan fingerprint density at radius 2 is 2.10 bits per heavy atom. The molecule has 2 aliphatic rings. The summed E-state index contributed by atoms with van der Waals surface area (Å²) in [6.07, 6.45) is 3.31. The molecule has 1 aliphatic carbocycles. The Hall–Kier alpha value is -0.670. The van der Waals surface area contributed by atoms with E-state index < -0.39 is 12.2 Å². The molecule has 0 aromatic carbocycles. The number of nitriles is 1. The first-order valence-corrected chi connectivity index (χ1v) is 7.63. The second kappa shape index (κ2) is 7.37. The van der Waals surface area contributed by atoms with Gasteiger partial charge in [0.1, 0.15) is 6.10 Å². The number of ether oxygens (including phenoxy) is 2. The van der Waals surface area contributed by atoms with Gasteiger partial charge >= 0.3 is 0 Å². The Morgan fingerprint density at radius 1 is 1.30 bits per heavy atom. The molecule has 0 aromatic heterocycles. The van der Waals surface area contributed by atoms with Gasteiger partial charge in [0.25, 0.3) is 0 Å². The number of hydrogen-bond acceptors (Lipinski definition) is 5. The molecule has 0 bridgehead atoms. The molecular formula is C15H25NO4. The SMILES string of the molecule is C[C@@H](C#N)CC1CCC(O[C@@H]2CCC[C@@H](O)[C@H]2O)CO1. The highest BCUT2D eigenvalue weighted by Crippen LogP contribution is 2.27. The van der Waals surface area contributed by atoms with Gasteiger partial charge in [0.15, 0.2) is 0 Å². The zero-order valence-corrected chi connectivity index (χ0v) is 12.1. The number of aliphatic hydroxyl groups is 2. The van der Waals surface area contributed by atoms with Crippen molar-refractivity contribution in [2.75, 3.05) is 6.61 Å². The van der Waals surface area contributed by atoms with E-state index in [-0.39, 0.29) is 24.2 Å². The van der Waals surface area contributed by atoms with Gasteiger partial charge < -0.3 is 19.7 Å². The number of hydrogen-bond donors (Lipinski definition) is 2. The van der Waals surface area contributed by atoms with Crippen LogP contribution < -0.4 is 0 Å². The van der Waals surface area contributed by atoms with Crippen molar-refractivity contribution in [3.05, 3.63) is 0 Å². The van der Waals surface area contributed by atoms with Gasteiger partial charge in [0.05, 0.1) is 37.1 Å². The minimum absolute atomic E-state index is 0.00593. The predicted octanol–water partition coefficient (Wildman–Crippen LogP) is 1.37. The molecule has 5 nitrogen and oxygen atoms in total. The number of nitrogens with zero attached hydrogens (tertiary/aromatic N) is 1. The molecule has 2 fully saturated rings. The van der Waals surface area contributed by atoms with Crippen molar-refractivity contribution in [3.63, 3.8) is 0 Å². The van der Waals surface area contributed by atoms with Gasteiger partial charge in [0, 0.05) is 5.92 Å². The van der Waals surface area contributed by atoms with Crippen molar-refractivity contribution in [2.45, 2.75) is 76.0 Å². The molecule has 0 radical (unpaired) electrons. The molecule has 2 unspecified atom stereocenters. The van der Waals surface area contributed by atoms with E-state index in [0.717, 1.165) is 32.1 Å². The van der Waals surface area contributed by atoms with Crippen LogP contribution in [0.5, 0.6) is 0 Å². The van der Waals surface area contributed by atoms with Gasteiger partial charge in [-0.2, -0.15) is 5.26 Å². The Bertz CT molecular complexity index is 335. The predicted molar refractivity (Wildman–Crippen MR) is 72.9 cm³/mol. The van der Waals surface area contributed by atoms with Gasteiger partial charge in [0.2, 0.25) is 0 Å². The van der Waals surface area contributed by atoms with Crippen LogP contribution in [0.2, 0.25) is 0 Å². The molecule has 1 heterocycles. The lowest BCUT2D eigenvalue weighted by Gasteiger charge is -2.37. The van der Waals surface area contributed by atoms with Gasteiger partial charge in [-0.15, -0.1) is 0 Å². The van der Waals surface area contributed by atoms with Crippen LogP contribution in [0.4, 0.5) is 0 Å². The lowest BCUT2D eigenvalue weighted by atomic mass is 9.91. The first-order chi connectivity index (χ1) is 9.60. The average molecular weight is 283 g/mol. The van der Waals surface area contributed by atoms with E-state index in [1.165, 1.54) is 0 Å². The van der Waals surface area contributed by atoms with Crippen molar-refractivity contribution in [3.8, 4) is 6.07 Å². The van der Waals surface area contributed by atoms with Crippen molar-refractivity contribution in [1.29, 1.82) is 5.26 Å². The molecule has 20 heavy (non-hydrogen) atoms. The van der Waals surface area contributed by atoms with Gasteiger partial charge in [-0.25, -0.2) is 0 Å². The summed E-state index contributed by atoms with van der Waals surface area (Å²) in [6.45, 7) is 2.42. The molecule has 1 saturated heterocycles. The van der Waals surface area contributed by atoms with Crippen LogP contribution in [0, 0.1) is 17.2 Å². The maximum atomic E-state index is 9.92. The molecule has 2 N–H and O–H groups in total. The normalized spacial score (nSPS) is 40.0. The van der Waals surface area contributed by atoms with Gasteiger partial charge in [-0.05, 0) is 45.4 Å². The maximum absolute atomic E-state index is 9.92. The summed E-state index contributed by atoms with van der Waals surface area (Å²) in [4.78, 5) is 0. The average Bonchev–Trinajstić information content (AvgIpc) is 2.46. The van der Waals surface area contributed by atoms with E-state index in [1.807, 2.05) is 6.92 Å². The molecule has 2 rings (SSSR count). The van der Waals surface area contributed by atoms with Crippen LogP contribution in [-0.2, 0) is 9.47 Å². The first kappa shape index (κ1) is 15.7. The summed E-state index contributed by atoms with van der Waals surface area (Å²) in [5, 5.41) is 28.4. The quantitative estimate of drug-likeness (QED) is 0.814. The highest BCUT2D eigenvalue weighted by Gasteiger charge is 2.34. The third-order valence-corrected chi connectivity index (χ3v) is 4.30. The van der Waals surface area contributed by atoms with E-state index >= 15 is 0 Å². The maximum Gasteiger partial charge on any atom is 0.106 e. The Morgan fingerprint density at radius 3 is 2.75 bits per heavy atom. The van der Waals surface area contributed by atoms with E-state index in [4.69, 9.17) is 14.7 Å². The van der Waals surface area contributed by atoms with Gasteiger partial charge in [-0.3, -0.25) is 0 Å². The second-order valence-corrected chi connectivity index (χ2v) is 6.08. The van der Waals surface area contributed by atoms with Gasteiger partial charge in [-0.1, -0.05) is 0 Å². The molecule has 0 aromatic rings. The molecule has 1 aliphatic heterocycles. The molecule has 1 saturated carbocycles. The van der Waals surface area contributed by atoms with Crippen LogP contribution >= 0.6 is 0 Å². The highest BCUT2D eigenvalue weighted by atomic mass is 16.6. The van der Waals surface area contributed by atoms with Crippen molar-refractivity contribution < 1.29 is 19.7 Å². The molecule has 0 amide bonds. The first-order valence-electron chi connectivity index (χ1n) is 7.63. The number of aliphatic hydroxyl groups excluding tert-OH is 2. The van der Waals surface area contributed by atoms with Crippen molar-refractivity contribution in [1.82, 2.24) is 0 Å². The van der Waals surface area contributed by atoms with Crippen LogP contribution in [0.25, 0.3) is 0 Å². The summed E-state index contributed by atoms with van der Waals surface area (Å²) in [6, 6.07) is 2.23. The van der Waals surface area contributed by atoms with Crippen molar-refractivity contribution >= 4 is 0 Å². The molecule has 0 spiro atoms. The number of rotatable bonds is 4. The Kier molecular flexibility index (Phi) is 5.79. The Balaban J connectivity index is 1.73. The van der Waals surface area contributed by atoms with Crippen LogP contribution in [0.15, 0.2) is 0 Å². The lowest BCUT2D eigenvalue weighted by Crippen LogP contribution is -2.46.